The molecule has 0 amide bonds. The number of benzene rings is 1. The van der Waals surface area contributed by atoms with Crippen LogP contribution in [-0.2, 0) is 26.3 Å². The van der Waals surface area contributed by atoms with Crippen LogP contribution in [0.5, 0.6) is 0 Å². The van der Waals surface area contributed by atoms with Crippen LogP contribution in [0.2, 0.25) is 5.02 Å². The Bertz CT molecular complexity index is 994. The third-order valence-electron chi connectivity index (χ3n) is 5.93. The maximum Gasteiger partial charge on any atom is 0.200 e. The lowest BCUT2D eigenvalue weighted by Crippen LogP contribution is -2.63. The predicted octanol–water partition coefficient (Wildman–Crippen LogP) is 1.37. The molecule has 0 spiro atoms. The Balaban J connectivity index is 1.78. The van der Waals surface area contributed by atoms with E-state index in [9.17, 15) is 20.1 Å². The van der Waals surface area contributed by atoms with E-state index in [-0.39, 0.29) is 6.42 Å². The van der Waals surface area contributed by atoms with Crippen molar-refractivity contribution in [3.8, 4) is 6.07 Å². The smallest absolute Gasteiger partial charge is 0.200 e. The Kier molecular flexibility index (Phi) is 4.70. The number of hydrogen-bond acceptors (Lipinski definition) is 7. The van der Waals surface area contributed by atoms with Crippen LogP contribution >= 0.6 is 11.6 Å². The summed E-state index contributed by atoms with van der Waals surface area (Å²) < 4.78 is 11.7. The van der Waals surface area contributed by atoms with Gasteiger partial charge in [0.2, 0.25) is 0 Å². The third kappa shape index (κ3) is 2.80. The lowest BCUT2D eigenvalue weighted by Gasteiger charge is -2.44. The summed E-state index contributed by atoms with van der Waals surface area (Å²) >= 11 is 6.40. The largest absolute Gasteiger partial charge is 0.385 e. The SMILES string of the molecule is C[C@H]1O[C@@H](O[C@]23C(=Cc4c(Cl)cc(CC#N)cc42)C=C[C@@H]3O)[C@H](O)C(=O)[C@@]1(C)O. The van der Waals surface area contributed by atoms with Crippen LogP contribution in [-0.4, -0.2) is 51.3 Å². The van der Waals surface area contributed by atoms with Gasteiger partial charge in [-0.25, -0.2) is 0 Å². The Morgan fingerprint density at radius 2 is 2.10 bits per heavy atom. The highest BCUT2D eigenvalue weighted by Crippen LogP contribution is 2.53. The fraction of sp³-hybridized carbons (Fsp3) is 0.429. The molecular formula is C21H20ClNO6. The van der Waals surface area contributed by atoms with Crippen molar-refractivity contribution in [3.05, 3.63) is 51.6 Å². The first kappa shape index (κ1) is 20.2. The third-order valence-corrected chi connectivity index (χ3v) is 6.25. The summed E-state index contributed by atoms with van der Waals surface area (Å²) in [5.41, 5.74) is -0.924. The second kappa shape index (κ2) is 6.74. The number of nitrogens with zero attached hydrogens (tertiary/aromatic N) is 1. The van der Waals surface area contributed by atoms with Crippen molar-refractivity contribution in [3.63, 3.8) is 0 Å². The van der Waals surface area contributed by atoms with Crippen LogP contribution < -0.4 is 0 Å². The number of aliphatic hydroxyl groups excluding tert-OH is 2. The van der Waals surface area contributed by atoms with Crippen LogP contribution in [0.3, 0.4) is 0 Å². The Morgan fingerprint density at radius 3 is 2.79 bits per heavy atom. The molecule has 0 radical (unpaired) electrons. The van der Waals surface area contributed by atoms with Crippen molar-refractivity contribution >= 4 is 23.5 Å². The highest BCUT2D eigenvalue weighted by atomic mass is 35.5. The van der Waals surface area contributed by atoms with Gasteiger partial charge < -0.3 is 24.8 Å². The monoisotopic (exact) mass is 417 g/mol. The molecule has 29 heavy (non-hydrogen) atoms. The Hall–Kier alpha value is -2.05. The summed E-state index contributed by atoms with van der Waals surface area (Å²) in [6, 6.07) is 5.47. The van der Waals surface area contributed by atoms with Gasteiger partial charge in [-0.3, -0.25) is 4.79 Å². The molecule has 1 saturated heterocycles. The van der Waals surface area contributed by atoms with Gasteiger partial charge in [0.15, 0.2) is 23.8 Å². The molecule has 3 aliphatic rings. The lowest BCUT2D eigenvalue weighted by atomic mass is 9.86. The second-order valence-electron chi connectivity index (χ2n) is 7.73. The minimum atomic E-state index is -1.86. The summed E-state index contributed by atoms with van der Waals surface area (Å²) in [6.45, 7) is 2.77. The first-order valence-corrected chi connectivity index (χ1v) is 9.57. The Labute approximate surface area is 172 Å². The lowest BCUT2D eigenvalue weighted by molar-refractivity contribution is -0.297. The highest BCUT2D eigenvalue weighted by molar-refractivity contribution is 6.32. The molecule has 7 nitrogen and oxygen atoms in total. The van der Waals surface area contributed by atoms with E-state index in [0.717, 1.165) is 0 Å². The minimum Gasteiger partial charge on any atom is -0.385 e. The summed E-state index contributed by atoms with van der Waals surface area (Å²) in [5, 5.41) is 41.0. The zero-order valence-corrected chi connectivity index (χ0v) is 16.6. The number of fused-ring (bicyclic) bond motifs is 3. The van der Waals surface area contributed by atoms with Gasteiger partial charge in [0.1, 0.15) is 11.7 Å². The van der Waals surface area contributed by atoms with E-state index in [1.165, 1.54) is 19.9 Å². The molecule has 1 aliphatic heterocycles. The molecule has 0 aromatic heterocycles. The normalized spacial score (nSPS) is 37.8. The number of hydrogen-bond donors (Lipinski definition) is 3. The second-order valence-corrected chi connectivity index (χ2v) is 8.14. The zero-order valence-electron chi connectivity index (χ0n) is 15.8. The first-order chi connectivity index (χ1) is 13.6. The van der Waals surface area contributed by atoms with Gasteiger partial charge in [0.25, 0.3) is 0 Å². The number of halogens is 1. The molecule has 3 N–H and O–H groups in total. The quantitative estimate of drug-likeness (QED) is 0.679. The van der Waals surface area contributed by atoms with Gasteiger partial charge in [0.05, 0.1) is 18.6 Å². The number of carbonyl (C=O) groups is 1. The topological polar surface area (TPSA) is 120 Å². The van der Waals surface area contributed by atoms with E-state index in [2.05, 4.69) is 6.07 Å². The fourth-order valence-corrected chi connectivity index (χ4v) is 4.38. The fourth-order valence-electron chi connectivity index (χ4n) is 4.08. The predicted molar refractivity (Wildman–Crippen MR) is 103 cm³/mol. The number of carbonyl (C=O) groups excluding carboxylic acids is 1. The van der Waals surface area contributed by atoms with Gasteiger partial charge in [0, 0.05) is 16.1 Å². The molecular weight excluding hydrogens is 398 g/mol. The number of ether oxygens (including phenoxy) is 2. The van der Waals surface area contributed by atoms with E-state index in [0.29, 0.717) is 27.3 Å². The van der Waals surface area contributed by atoms with E-state index in [1.807, 2.05) is 0 Å². The molecule has 0 bridgehead atoms. The van der Waals surface area contributed by atoms with Gasteiger partial charge in [-0.1, -0.05) is 29.8 Å². The molecule has 1 fully saturated rings. The van der Waals surface area contributed by atoms with E-state index in [4.69, 9.17) is 26.3 Å². The summed E-state index contributed by atoms with van der Waals surface area (Å²) in [7, 11) is 0. The molecule has 6 atom stereocenters. The molecule has 1 aromatic rings. The van der Waals surface area contributed by atoms with Crippen LogP contribution in [0, 0.1) is 11.3 Å². The van der Waals surface area contributed by atoms with Gasteiger partial charge in [-0.2, -0.15) is 5.26 Å². The molecule has 2 aliphatic carbocycles. The number of nitriles is 1. The number of Topliss-reactive ketones (excluding diaryl/α,β-unsaturated/α-hetero) is 1. The van der Waals surface area contributed by atoms with Crippen molar-refractivity contribution < 1.29 is 29.6 Å². The molecule has 4 rings (SSSR count). The minimum absolute atomic E-state index is 0.114. The molecule has 0 saturated carbocycles. The summed E-state index contributed by atoms with van der Waals surface area (Å²) in [4.78, 5) is 12.4. The zero-order chi connectivity index (χ0) is 21.1. The summed E-state index contributed by atoms with van der Waals surface area (Å²) in [5.74, 6) is -0.821. The van der Waals surface area contributed by atoms with Crippen LogP contribution in [0.15, 0.2) is 29.9 Å². The molecule has 1 aromatic carbocycles. The Morgan fingerprint density at radius 1 is 1.38 bits per heavy atom. The average molecular weight is 418 g/mol. The van der Waals surface area contributed by atoms with Crippen molar-refractivity contribution in [1.29, 1.82) is 5.26 Å². The van der Waals surface area contributed by atoms with Crippen LogP contribution in [0.25, 0.3) is 6.08 Å². The maximum absolute atomic E-state index is 12.4. The number of aliphatic hydroxyl groups is 3. The standard InChI is InChI=1S/C21H20ClNO6/c1-10-20(2,27)18(26)17(25)19(28-10)29-21-12(3-4-16(21)24)9-13-14(21)7-11(5-6-23)8-15(13)22/h3-4,7-10,16-17,19,24-25,27H,5H2,1-2H3/t10-,16+,17-,19+,20+,21-/m1/s1. The average Bonchev–Trinajstić information content (AvgIpc) is 3.14. The van der Waals surface area contributed by atoms with Crippen LogP contribution in [0.4, 0.5) is 0 Å². The van der Waals surface area contributed by atoms with Crippen molar-refractivity contribution in [2.75, 3.05) is 0 Å². The van der Waals surface area contributed by atoms with E-state index >= 15 is 0 Å². The van der Waals surface area contributed by atoms with E-state index < -0.39 is 41.6 Å². The first-order valence-electron chi connectivity index (χ1n) is 9.19. The van der Waals surface area contributed by atoms with Crippen molar-refractivity contribution in [2.45, 2.75) is 56.1 Å². The number of ketones is 1. The van der Waals surface area contributed by atoms with E-state index in [1.54, 1.807) is 24.3 Å². The van der Waals surface area contributed by atoms with Crippen molar-refractivity contribution in [1.82, 2.24) is 0 Å². The summed E-state index contributed by atoms with van der Waals surface area (Å²) in [6.07, 6.45) is -0.135. The van der Waals surface area contributed by atoms with Crippen LogP contribution in [0.1, 0.15) is 30.5 Å². The van der Waals surface area contributed by atoms with Gasteiger partial charge in [-0.15, -0.1) is 0 Å². The number of rotatable bonds is 3. The highest BCUT2D eigenvalue weighted by Gasteiger charge is 2.57. The molecule has 1 heterocycles. The molecule has 152 valence electrons. The van der Waals surface area contributed by atoms with Gasteiger partial charge >= 0.3 is 0 Å². The van der Waals surface area contributed by atoms with Gasteiger partial charge in [-0.05, 0) is 37.1 Å². The molecule has 0 unspecified atom stereocenters. The maximum atomic E-state index is 12.4. The van der Waals surface area contributed by atoms with Crippen molar-refractivity contribution in [2.24, 2.45) is 0 Å². The molecule has 8 heteroatoms.